The van der Waals surface area contributed by atoms with Crippen LogP contribution in [0.2, 0.25) is 0 Å². The van der Waals surface area contributed by atoms with Gasteiger partial charge in [0.15, 0.2) is 5.65 Å². The molecule has 0 spiro atoms. The Hall–Kier alpha value is -2.96. The van der Waals surface area contributed by atoms with Crippen LogP contribution in [0.3, 0.4) is 0 Å². The van der Waals surface area contributed by atoms with Gasteiger partial charge in [0.1, 0.15) is 17.2 Å². The first-order valence-electron chi connectivity index (χ1n) is 9.14. The SMILES string of the molecule is Cc1ccc(NC(=O)N2CCC(n3c(C)nc4cccnc43)CC2)cc1F. The third-order valence-corrected chi connectivity index (χ3v) is 5.17. The van der Waals surface area contributed by atoms with Crippen molar-refractivity contribution in [3.8, 4) is 0 Å². The molecule has 7 heteroatoms. The van der Waals surface area contributed by atoms with Crippen LogP contribution in [0.5, 0.6) is 0 Å². The number of rotatable bonds is 2. The number of halogens is 1. The summed E-state index contributed by atoms with van der Waals surface area (Å²) in [6.07, 6.45) is 3.44. The van der Waals surface area contributed by atoms with Gasteiger partial charge in [0.05, 0.1) is 0 Å². The fraction of sp³-hybridized carbons (Fsp3) is 0.350. The Morgan fingerprint density at radius 1 is 1.22 bits per heavy atom. The van der Waals surface area contributed by atoms with Crippen molar-refractivity contribution in [3.05, 3.63) is 53.7 Å². The van der Waals surface area contributed by atoms with Gasteiger partial charge in [-0.2, -0.15) is 0 Å². The van der Waals surface area contributed by atoms with Crippen molar-refractivity contribution < 1.29 is 9.18 Å². The van der Waals surface area contributed by atoms with Crippen molar-refractivity contribution in [3.63, 3.8) is 0 Å². The van der Waals surface area contributed by atoms with Crippen LogP contribution in [0.1, 0.15) is 30.3 Å². The second kappa shape index (κ2) is 6.98. The summed E-state index contributed by atoms with van der Waals surface area (Å²) in [5.74, 6) is 0.628. The molecule has 6 nitrogen and oxygen atoms in total. The molecule has 0 radical (unpaired) electrons. The number of nitrogens with one attached hydrogen (secondary N) is 1. The number of hydrogen-bond donors (Lipinski definition) is 1. The van der Waals surface area contributed by atoms with Crippen LogP contribution in [0.25, 0.3) is 11.2 Å². The first kappa shape index (κ1) is 17.5. The van der Waals surface area contributed by atoms with E-state index in [0.29, 0.717) is 24.3 Å². The molecule has 2 amide bonds. The van der Waals surface area contributed by atoms with Gasteiger partial charge in [-0.05, 0) is 56.5 Å². The number of imidazole rings is 1. The van der Waals surface area contributed by atoms with E-state index in [1.165, 1.54) is 6.07 Å². The summed E-state index contributed by atoms with van der Waals surface area (Å²) < 4.78 is 15.8. The van der Waals surface area contributed by atoms with Crippen molar-refractivity contribution in [2.75, 3.05) is 18.4 Å². The molecule has 1 aromatic carbocycles. The quantitative estimate of drug-likeness (QED) is 0.743. The number of nitrogens with zero attached hydrogens (tertiary/aromatic N) is 4. The van der Waals surface area contributed by atoms with Crippen LogP contribution < -0.4 is 5.32 Å². The van der Waals surface area contributed by atoms with Crippen LogP contribution in [-0.4, -0.2) is 38.6 Å². The lowest BCUT2D eigenvalue weighted by Crippen LogP contribution is -2.41. The summed E-state index contributed by atoms with van der Waals surface area (Å²) in [6.45, 7) is 4.96. The van der Waals surface area contributed by atoms with E-state index in [2.05, 4.69) is 19.9 Å². The van der Waals surface area contributed by atoms with Crippen molar-refractivity contribution in [2.45, 2.75) is 32.7 Å². The fourth-order valence-corrected chi connectivity index (χ4v) is 3.68. The summed E-state index contributed by atoms with van der Waals surface area (Å²) in [6, 6.07) is 8.67. The molecule has 3 heterocycles. The van der Waals surface area contributed by atoms with Gasteiger partial charge in [0.25, 0.3) is 0 Å². The number of hydrogen-bond acceptors (Lipinski definition) is 3. The highest BCUT2D eigenvalue weighted by atomic mass is 19.1. The number of aromatic nitrogens is 3. The van der Waals surface area contributed by atoms with E-state index >= 15 is 0 Å². The first-order valence-corrected chi connectivity index (χ1v) is 9.14. The van der Waals surface area contributed by atoms with Crippen molar-refractivity contribution in [2.24, 2.45) is 0 Å². The number of likely N-dealkylation sites (tertiary alicyclic amines) is 1. The zero-order chi connectivity index (χ0) is 19.0. The van der Waals surface area contributed by atoms with E-state index in [-0.39, 0.29) is 17.9 Å². The number of fused-ring (bicyclic) bond motifs is 1. The Bertz CT molecular complexity index is 991. The average molecular weight is 367 g/mol. The number of anilines is 1. The predicted molar refractivity (Wildman–Crippen MR) is 102 cm³/mol. The highest BCUT2D eigenvalue weighted by Crippen LogP contribution is 2.28. The number of carbonyl (C=O) groups is 1. The Morgan fingerprint density at radius 2 is 2.00 bits per heavy atom. The van der Waals surface area contributed by atoms with E-state index in [0.717, 1.165) is 29.8 Å². The standard InChI is InChI=1S/C20H22FN5O/c1-13-5-6-15(12-17(13)21)24-20(27)25-10-7-16(8-11-25)26-14(2)23-18-4-3-9-22-19(18)26/h3-6,9,12,16H,7-8,10-11H2,1-2H3,(H,24,27). The highest BCUT2D eigenvalue weighted by molar-refractivity contribution is 5.89. The largest absolute Gasteiger partial charge is 0.324 e. The molecule has 27 heavy (non-hydrogen) atoms. The Labute approximate surface area is 157 Å². The summed E-state index contributed by atoms with van der Waals surface area (Å²) in [5, 5.41) is 2.79. The second-order valence-electron chi connectivity index (χ2n) is 6.99. The topological polar surface area (TPSA) is 63.1 Å². The average Bonchev–Trinajstić information content (AvgIpc) is 3.00. The molecule has 2 aromatic heterocycles. The van der Waals surface area contributed by atoms with E-state index in [9.17, 15) is 9.18 Å². The first-order chi connectivity index (χ1) is 13.0. The number of piperidine rings is 1. The minimum atomic E-state index is -0.318. The van der Waals surface area contributed by atoms with E-state index in [1.54, 1.807) is 30.2 Å². The smallest absolute Gasteiger partial charge is 0.321 e. The van der Waals surface area contributed by atoms with Crippen LogP contribution >= 0.6 is 0 Å². The summed E-state index contributed by atoms with van der Waals surface area (Å²) in [5.41, 5.74) is 2.83. The van der Waals surface area contributed by atoms with Gasteiger partial charge >= 0.3 is 6.03 Å². The lowest BCUT2D eigenvalue weighted by Gasteiger charge is -2.33. The fourth-order valence-electron chi connectivity index (χ4n) is 3.68. The van der Waals surface area contributed by atoms with E-state index in [1.807, 2.05) is 19.1 Å². The van der Waals surface area contributed by atoms with Crippen LogP contribution in [0, 0.1) is 19.7 Å². The number of carbonyl (C=O) groups excluding carboxylic acids is 1. The lowest BCUT2D eigenvalue weighted by molar-refractivity contribution is 0.184. The van der Waals surface area contributed by atoms with Crippen molar-refractivity contribution >= 4 is 22.9 Å². The normalized spacial score (nSPS) is 15.3. The number of pyridine rings is 1. The molecule has 0 saturated carbocycles. The Morgan fingerprint density at radius 3 is 2.74 bits per heavy atom. The molecule has 4 rings (SSSR count). The van der Waals surface area contributed by atoms with E-state index < -0.39 is 0 Å². The van der Waals surface area contributed by atoms with Crippen LogP contribution in [-0.2, 0) is 0 Å². The monoisotopic (exact) mass is 367 g/mol. The maximum atomic E-state index is 13.7. The molecule has 140 valence electrons. The van der Waals surface area contributed by atoms with Crippen LogP contribution in [0.4, 0.5) is 14.9 Å². The van der Waals surface area contributed by atoms with Gasteiger partial charge < -0.3 is 14.8 Å². The molecule has 3 aromatic rings. The summed E-state index contributed by atoms with van der Waals surface area (Å²) >= 11 is 0. The van der Waals surface area contributed by atoms with Gasteiger partial charge in [0, 0.05) is 31.0 Å². The third kappa shape index (κ3) is 3.37. The maximum absolute atomic E-state index is 13.7. The molecule has 1 saturated heterocycles. The number of urea groups is 1. The molecule has 1 N–H and O–H groups in total. The number of aryl methyl sites for hydroxylation is 2. The summed E-state index contributed by atoms with van der Waals surface area (Å²) in [7, 11) is 0. The molecule has 0 bridgehead atoms. The maximum Gasteiger partial charge on any atom is 0.321 e. The van der Waals surface area contributed by atoms with Gasteiger partial charge in [-0.1, -0.05) is 6.07 Å². The van der Waals surface area contributed by atoms with Gasteiger partial charge in [0.2, 0.25) is 0 Å². The second-order valence-corrected chi connectivity index (χ2v) is 6.99. The molecule has 0 unspecified atom stereocenters. The Balaban J connectivity index is 1.43. The Kier molecular flexibility index (Phi) is 4.51. The van der Waals surface area contributed by atoms with E-state index in [4.69, 9.17) is 0 Å². The lowest BCUT2D eigenvalue weighted by atomic mass is 10.0. The zero-order valence-corrected chi connectivity index (χ0v) is 15.4. The van der Waals surface area contributed by atoms with Gasteiger partial charge in [-0.3, -0.25) is 0 Å². The molecule has 0 atom stereocenters. The zero-order valence-electron chi connectivity index (χ0n) is 15.4. The van der Waals surface area contributed by atoms with Crippen LogP contribution in [0.15, 0.2) is 36.5 Å². The highest BCUT2D eigenvalue weighted by Gasteiger charge is 2.26. The molecular formula is C20H22FN5O. The minimum Gasteiger partial charge on any atom is -0.324 e. The molecule has 1 aliphatic rings. The molecule has 0 aliphatic carbocycles. The third-order valence-electron chi connectivity index (χ3n) is 5.17. The number of amides is 2. The van der Waals surface area contributed by atoms with Gasteiger partial charge in [-0.25, -0.2) is 19.2 Å². The van der Waals surface area contributed by atoms with Crippen molar-refractivity contribution in [1.29, 1.82) is 0 Å². The molecular weight excluding hydrogens is 345 g/mol. The minimum absolute atomic E-state index is 0.193. The van der Waals surface area contributed by atoms with Gasteiger partial charge in [-0.15, -0.1) is 0 Å². The summed E-state index contributed by atoms with van der Waals surface area (Å²) in [4.78, 5) is 23.3. The number of benzene rings is 1. The predicted octanol–water partition coefficient (Wildman–Crippen LogP) is 4.06. The molecule has 1 aliphatic heterocycles. The van der Waals surface area contributed by atoms with Crippen molar-refractivity contribution in [1.82, 2.24) is 19.4 Å². The molecule has 1 fully saturated rings.